The van der Waals surface area contributed by atoms with E-state index in [2.05, 4.69) is 0 Å². The van der Waals surface area contributed by atoms with Crippen LogP contribution >= 0.6 is 0 Å². The molecule has 3 nitrogen and oxygen atoms in total. The number of hydrogen-bond donors (Lipinski definition) is 2. The van der Waals surface area contributed by atoms with Crippen molar-refractivity contribution in [1.82, 2.24) is 0 Å². The Kier molecular flexibility index (Phi) is 2.30. The standard InChI is InChI=1S/C8H14O3/c1-8(5-9)6(10)3-2-4-7(8)11/h6,9-10H,2-5H2,1H3. The number of hydrogen-bond acceptors (Lipinski definition) is 3. The highest BCUT2D eigenvalue weighted by Crippen LogP contribution is 2.32. The third kappa shape index (κ3) is 1.30. The molecule has 0 aromatic rings. The summed E-state index contributed by atoms with van der Waals surface area (Å²) >= 11 is 0. The largest absolute Gasteiger partial charge is 0.395 e. The molecule has 1 rings (SSSR count). The minimum Gasteiger partial charge on any atom is -0.395 e. The lowest BCUT2D eigenvalue weighted by Gasteiger charge is -2.34. The Labute approximate surface area is 66.0 Å². The van der Waals surface area contributed by atoms with E-state index < -0.39 is 11.5 Å². The molecule has 11 heavy (non-hydrogen) atoms. The van der Waals surface area contributed by atoms with Crippen LogP contribution in [0.3, 0.4) is 0 Å². The van der Waals surface area contributed by atoms with Crippen LogP contribution in [0.2, 0.25) is 0 Å². The molecule has 2 unspecified atom stereocenters. The summed E-state index contributed by atoms with van der Waals surface area (Å²) in [7, 11) is 0. The van der Waals surface area contributed by atoms with E-state index in [1.165, 1.54) is 0 Å². The number of aliphatic hydroxyl groups excluding tert-OH is 2. The Balaban J connectivity index is 2.77. The average Bonchev–Trinajstić information content (AvgIpc) is 2.00. The SMILES string of the molecule is CC1(CO)C(=O)CCCC1O. The molecule has 64 valence electrons. The van der Waals surface area contributed by atoms with E-state index in [1.54, 1.807) is 6.92 Å². The zero-order chi connectivity index (χ0) is 8.48. The molecule has 0 heterocycles. The summed E-state index contributed by atoms with van der Waals surface area (Å²) in [5.74, 6) is -0.0150. The van der Waals surface area contributed by atoms with Gasteiger partial charge in [0.25, 0.3) is 0 Å². The van der Waals surface area contributed by atoms with Crippen LogP contribution in [0.4, 0.5) is 0 Å². The molecular formula is C8H14O3. The van der Waals surface area contributed by atoms with Crippen molar-refractivity contribution < 1.29 is 15.0 Å². The molecule has 0 saturated heterocycles. The van der Waals surface area contributed by atoms with Crippen molar-refractivity contribution in [1.29, 1.82) is 0 Å². The summed E-state index contributed by atoms with van der Waals surface area (Å²) < 4.78 is 0. The van der Waals surface area contributed by atoms with E-state index in [1.807, 2.05) is 0 Å². The summed E-state index contributed by atoms with van der Waals surface area (Å²) in [4.78, 5) is 11.2. The lowest BCUT2D eigenvalue weighted by molar-refractivity contribution is -0.142. The molecule has 0 bridgehead atoms. The van der Waals surface area contributed by atoms with Crippen LogP contribution in [0.25, 0.3) is 0 Å². The predicted octanol–water partition coefficient (Wildman–Crippen LogP) is 0.0989. The van der Waals surface area contributed by atoms with E-state index in [4.69, 9.17) is 5.11 Å². The summed E-state index contributed by atoms with van der Waals surface area (Å²) in [6, 6.07) is 0. The molecule has 1 aliphatic rings. The first-order chi connectivity index (χ1) is 5.11. The van der Waals surface area contributed by atoms with Gasteiger partial charge >= 0.3 is 0 Å². The highest BCUT2D eigenvalue weighted by atomic mass is 16.3. The van der Waals surface area contributed by atoms with Gasteiger partial charge in [0.2, 0.25) is 0 Å². The highest BCUT2D eigenvalue weighted by molar-refractivity contribution is 5.85. The number of ketones is 1. The van der Waals surface area contributed by atoms with Crippen molar-refractivity contribution in [3.05, 3.63) is 0 Å². The zero-order valence-corrected chi connectivity index (χ0v) is 6.71. The van der Waals surface area contributed by atoms with Gasteiger partial charge in [0, 0.05) is 6.42 Å². The predicted molar refractivity (Wildman–Crippen MR) is 40.1 cm³/mol. The molecule has 0 spiro atoms. The van der Waals surface area contributed by atoms with E-state index in [-0.39, 0.29) is 12.4 Å². The Morgan fingerprint density at radius 3 is 2.73 bits per heavy atom. The molecule has 2 atom stereocenters. The molecule has 0 aromatic heterocycles. The molecular weight excluding hydrogens is 144 g/mol. The molecule has 1 saturated carbocycles. The van der Waals surface area contributed by atoms with Gasteiger partial charge < -0.3 is 10.2 Å². The number of carbonyl (C=O) groups excluding carboxylic acids is 1. The highest BCUT2D eigenvalue weighted by Gasteiger charge is 2.41. The minimum absolute atomic E-state index is 0.0150. The Bertz CT molecular complexity index is 167. The summed E-state index contributed by atoms with van der Waals surface area (Å²) in [5.41, 5.74) is -0.891. The van der Waals surface area contributed by atoms with Gasteiger partial charge in [0.15, 0.2) is 0 Å². The molecule has 0 amide bonds. The number of Topliss-reactive ketones (excluding diaryl/α,β-unsaturated/α-hetero) is 1. The fourth-order valence-corrected chi connectivity index (χ4v) is 1.44. The summed E-state index contributed by atoms with van der Waals surface area (Å²) in [5, 5.41) is 18.3. The Morgan fingerprint density at radius 2 is 2.36 bits per heavy atom. The maximum atomic E-state index is 11.2. The Morgan fingerprint density at radius 1 is 1.73 bits per heavy atom. The van der Waals surface area contributed by atoms with Crippen LogP contribution in [0.1, 0.15) is 26.2 Å². The summed E-state index contributed by atoms with van der Waals surface area (Å²) in [6.07, 6.45) is 1.21. The quantitative estimate of drug-likeness (QED) is 0.569. The van der Waals surface area contributed by atoms with Crippen LogP contribution < -0.4 is 0 Å². The molecule has 0 aromatic carbocycles. The van der Waals surface area contributed by atoms with Crippen molar-refractivity contribution in [2.45, 2.75) is 32.3 Å². The zero-order valence-electron chi connectivity index (χ0n) is 6.71. The third-order valence-electron chi connectivity index (χ3n) is 2.58. The first-order valence-corrected chi connectivity index (χ1v) is 3.93. The van der Waals surface area contributed by atoms with Crippen LogP contribution in [0.15, 0.2) is 0 Å². The van der Waals surface area contributed by atoms with Crippen LogP contribution in [0.5, 0.6) is 0 Å². The van der Waals surface area contributed by atoms with Crippen molar-refractivity contribution >= 4 is 5.78 Å². The second kappa shape index (κ2) is 2.91. The number of aliphatic hydroxyl groups is 2. The number of carbonyl (C=O) groups is 1. The van der Waals surface area contributed by atoms with E-state index in [0.717, 1.165) is 6.42 Å². The van der Waals surface area contributed by atoms with E-state index in [0.29, 0.717) is 12.8 Å². The normalized spacial score (nSPS) is 39.2. The van der Waals surface area contributed by atoms with Crippen LogP contribution in [-0.2, 0) is 4.79 Å². The maximum Gasteiger partial charge on any atom is 0.143 e. The minimum atomic E-state index is -0.891. The van der Waals surface area contributed by atoms with Gasteiger partial charge in [-0.1, -0.05) is 0 Å². The van der Waals surface area contributed by atoms with Crippen LogP contribution in [0, 0.1) is 5.41 Å². The first-order valence-electron chi connectivity index (χ1n) is 3.93. The third-order valence-corrected chi connectivity index (χ3v) is 2.58. The van der Waals surface area contributed by atoms with Crippen molar-refractivity contribution in [3.8, 4) is 0 Å². The lowest BCUT2D eigenvalue weighted by Crippen LogP contribution is -2.45. The molecule has 2 N–H and O–H groups in total. The number of rotatable bonds is 1. The Hall–Kier alpha value is -0.410. The molecule has 1 fully saturated rings. The van der Waals surface area contributed by atoms with Gasteiger partial charge in [-0.25, -0.2) is 0 Å². The smallest absolute Gasteiger partial charge is 0.143 e. The second-order valence-electron chi connectivity index (χ2n) is 3.41. The fourth-order valence-electron chi connectivity index (χ4n) is 1.44. The fraction of sp³-hybridized carbons (Fsp3) is 0.875. The van der Waals surface area contributed by atoms with Gasteiger partial charge in [-0.3, -0.25) is 4.79 Å². The van der Waals surface area contributed by atoms with Crippen molar-refractivity contribution in [2.24, 2.45) is 5.41 Å². The molecule has 3 heteroatoms. The molecule has 0 radical (unpaired) electrons. The van der Waals surface area contributed by atoms with Gasteiger partial charge in [-0.2, -0.15) is 0 Å². The van der Waals surface area contributed by atoms with Crippen molar-refractivity contribution in [3.63, 3.8) is 0 Å². The molecule has 0 aliphatic heterocycles. The van der Waals surface area contributed by atoms with Crippen molar-refractivity contribution in [2.75, 3.05) is 6.61 Å². The maximum absolute atomic E-state index is 11.2. The monoisotopic (exact) mass is 158 g/mol. The lowest BCUT2D eigenvalue weighted by atomic mass is 9.73. The molecule has 1 aliphatic carbocycles. The first kappa shape index (κ1) is 8.68. The second-order valence-corrected chi connectivity index (χ2v) is 3.41. The van der Waals surface area contributed by atoms with Gasteiger partial charge in [-0.05, 0) is 19.8 Å². The van der Waals surface area contributed by atoms with E-state index >= 15 is 0 Å². The average molecular weight is 158 g/mol. The topological polar surface area (TPSA) is 57.5 Å². The van der Waals surface area contributed by atoms with Gasteiger partial charge in [0.1, 0.15) is 5.78 Å². The summed E-state index contributed by atoms with van der Waals surface area (Å²) in [6.45, 7) is 1.38. The van der Waals surface area contributed by atoms with Crippen LogP contribution in [-0.4, -0.2) is 28.7 Å². The van der Waals surface area contributed by atoms with Gasteiger partial charge in [-0.15, -0.1) is 0 Å². The van der Waals surface area contributed by atoms with E-state index in [9.17, 15) is 9.90 Å². The van der Waals surface area contributed by atoms with Gasteiger partial charge in [0.05, 0.1) is 18.1 Å².